The molecule has 0 radical (unpaired) electrons. The van der Waals surface area contributed by atoms with E-state index in [0.717, 1.165) is 12.1 Å². The smallest absolute Gasteiger partial charge is 0.326 e. The first-order valence-corrected chi connectivity index (χ1v) is 5.61. The number of nitriles is 1. The number of carbonyl (C=O) groups excluding carboxylic acids is 2. The van der Waals surface area contributed by atoms with Gasteiger partial charge in [0.2, 0.25) is 5.91 Å². The highest BCUT2D eigenvalue weighted by atomic mass is 19.1. The Labute approximate surface area is 118 Å². The van der Waals surface area contributed by atoms with Crippen molar-refractivity contribution in [2.24, 2.45) is 5.73 Å². The minimum atomic E-state index is -1.52. The molecule has 8 nitrogen and oxygen atoms in total. The van der Waals surface area contributed by atoms with Crippen LogP contribution in [-0.2, 0) is 9.59 Å². The number of urea groups is 1. The first kappa shape index (κ1) is 15.9. The number of aliphatic carboxylic acids is 1. The molecule has 21 heavy (non-hydrogen) atoms. The van der Waals surface area contributed by atoms with Crippen molar-refractivity contribution in [3.63, 3.8) is 0 Å². The summed E-state index contributed by atoms with van der Waals surface area (Å²) in [6, 6.07) is 2.51. The van der Waals surface area contributed by atoms with Gasteiger partial charge in [-0.2, -0.15) is 5.26 Å². The predicted molar refractivity (Wildman–Crippen MR) is 68.5 cm³/mol. The molecule has 0 fully saturated rings. The fourth-order valence-corrected chi connectivity index (χ4v) is 1.40. The molecule has 0 unspecified atom stereocenters. The third kappa shape index (κ3) is 4.79. The monoisotopic (exact) mass is 294 g/mol. The lowest BCUT2D eigenvalue weighted by Crippen LogP contribution is -2.45. The molecule has 9 heteroatoms. The fraction of sp³-hybridized carbons (Fsp3) is 0.167. The zero-order valence-electron chi connectivity index (χ0n) is 10.6. The van der Waals surface area contributed by atoms with Gasteiger partial charge in [0.05, 0.1) is 23.7 Å². The Morgan fingerprint density at radius 3 is 2.57 bits per heavy atom. The zero-order chi connectivity index (χ0) is 16.0. The summed E-state index contributed by atoms with van der Waals surface area (Å²) in [5.41, 5.74) is 4.68. The highest BCUT2D eigenvalue weighted by Crippen LogP contribution is 2.15. The highest BCUT2D eigenvalue weighted by molar-refractivity contribution is 5.93. The maximum Gasteiger partial charge on any atom is 0.326 e. The summed E-state index contributed by atoms with van der Waals surface area (Å²) in [5.74, 6) is -3.22. The van der Waals surface area contributed by atoms with Crippen molar-refractivity contribution in [1.82, 2.24) is 5.32 Å². The van der Waals surface area contributed by atoms with Crippen LogP contribution in [0, 0.1) is 17.1 Å². The zero-order valence-corrected chi connectivity index (χ0v) is 10.6. The van der Waals surface area contributed by atoms with Crippen LogP contribution in [0.1, 0.15) is 12.0 Å². The second kappa shape index (κ2) is 6.85. The van der Waals surface area contributed by atoms with Crippen LogP contribution in [0.15, 0.2) is 18.2 Å². The van der Waals surface area contributed by atoms with Gasteiger partial charge in [0.25, 0.3) is 0 Å². The lowest BCUT2D eigenvalue weighted by Gasteiger charge is -2.14. The van der Waals surface area contributed by atoms with Crippen LogP contribution in [0.5, 0.6) is 0 Å². The second-order valence-corrected chi connectivity index (χ2v) is 3.97. The molecule has 1 rings (SSSR count). The number of nitrogens with two attached hydrogens (primary N) is 1. The SMILES string of the molecule is N#Cc1ccc(NC(=O)N[C@H](CC(N)=O)C(=O)O)c(F)c1. The van der Waals surface area contributed by atoms with Crippen LogP contribution in [0.4, 0.5) is 14.9 Å². The van der Waals surface area contributed by atoms with Gasteiger partial charge in [-0.05, 0) is 18.2 Å². The number of halogens is 1. The van der Waals surface area contributed by atoms with Crippen LogP contribution in [-0.4, -0.2) is 29.1 Å². The largest absolute Gasteiger partial charge is 0.480 e. The van der Waals surface area contributed by atoms with Gasteiger partial charge in [-0.15, -0.1) is 0 Å². The molecule has 0 aliphatic rings. The number of nitrogens with zero attached hydrogens (tertiary/aromatic N) is 1. The fourth-order valence-electron chi connectivity index (χ4n) is 1.40. The number of hydrogen-bond donors (Lipinski definition) is 4. The normalized spacial score (nSPS) is 11.0. The van der Waals surface area contributed by atoms with Crippen molar-refractivity contribution in [2.75, 3.05) is 5.32 Å². The van der Waals surface area contributed by atoms with Crippen LogP contribution in [0.25, 0.3) is 0 Å². The summed E-state index contributed by atoms with van der Waals surface area (Å²) < 4.78 is 13.5. The number of primary amides is 1. The van der Waals surface area contributed by atoms with Crippen molar-refractivity contribution in [2.45, 2.75) is 12.5 Å². The highest BCUT2D eigenvalue weighted by Gasteiger charge is 2.22. The third-order valence-electron chi connectivity index (χ3n) is 2.36. The molecule has 0 aliphatic carbocycles. The van der Waals surface area contributed by atoms with E-state index in [4.69, 9.17) is 16.1 Å². The van der Waals surface area contributed by atoms with E-state index in [0.29, 0.717) is 0 Å². The molecule has 0 saturated carbocycles. The minimum absolute atomic E-state index is 0.0654. The van der Waals surface area contributed by atoms with Gasteiger partial charge in [0.15, 0.2) is 0 Å². The van der Waals surface area contributed by atoms with Gasteiger partial charge in [-0.1, -0.05) is 0 Å². The van der Waals surface area contributed by atoms with Gasteiger partial charge in [0, 0.05) is 0 Å². The standard InChI is InChI=1S/C12H11FN4O4/c13-7-3-6(5-14)1-2-8(7)16-12(21)17-9(11(19)20)4-10(15)18/h1-3,9H,4H2,(H2,15,18)(H,19,20)(H2,16,17,21)/t9-/m1/s1. The molecule has 1 aromatic rings. The number of nitrogens with one attached hydrogen (secondary N) is 2. The molecule has 0 spiro atoms. The summed E-state index contributed by atoms with van der Waals surface area (Å²) >= 11 is 0. The van der Waals surface area contributed by atoms with E-state index in [1.54, 1.807) is 6.07 Å². The molecular formula is C12H11FN4O4. The van der Waals surface area contributed by atoms with E-state index in [-0.39, 0.29) is 11.3 Å². The Balaban J connectivity index is 2.75. The maximum absolute atomic E-state index is 13.5. The Hall–Kier alpha value is -3.15. The van der Waals surface area contributed by atoms with E-state index >= 15 is 0 Å². The number of hydrogen-bond acceptors (Lipinski definition) is 4. The molecular weight excluding hydrogens is 283 g/mol. The van der Waals surface area contributed by atoms with Gasteiger partial charge >= 0.3 is 12.0 Å². The third-order valence-corrected chi connectivity index (χ3v) is 2.36. The number of rotatable bonds is 5. The van der Waals surface area contributed by atoms with Gasteiger partial charge < -0.3 is 21.5 Å². The van der Waals surface area contributed by atoms with E-state index < -0.39 is 36.2 Å². The Kier molecular flexibility index (Phi) is 5.19. The predicted octanol–water partition coefficient (Wildman–Crippen LogP) is 0.147. The average Bonchev–Trinajstić information content (AvgIpc) is 2.39. The summed E-state index contributed by atoms with van der Waals surface area (Å²) in [6.07, 6.45) is -0.599. The lowest BCUT2D eigenvalue weighted by atomic mass is 10.2. The Morgan fingerprint density at radius 1 is 1.43 bits per heavy atom. The van der Waals surface area contributed by atoms with Crippen molar-refractivity contribution < 1.29 is 23.9 Å². The number of benzene rings is 1. The molecule has 0 aromatic heterocycles. The lowest BCUT2D eigenvalue weighted by molar-refractivity contribution is -0.140. The van der Waals surface area contributed by atoms with Crippen molar-refractivity contribution in [1.29, 1.82) is 5.26 Å². The number of anilines is 1. The molecule has 1 aromatic carbocycles. The van der Waals surface area contributed by atoms with E-state index in [1.807, 2.05) is 5.32 Å². The number of amides is 3. The number of carboxylic acids is 1. The summed E-state index contributed by atoms with van der Waals surface area (Å²) in [7, 11) is 0. The quantitative estimate of drug-likeness (QED) is 0.610. The van der Waals surface area contributed by atoms with Crippen LogP contribution >= 0.6 is 0 Å². The Morgan fingerprint density at radius 2 is 2.10 bits per heavy atom. The van der Waals surface area contributed by atoms with E-state index in [2.05, 4.69) is 5.32 Å². The van der Waals surface area contributed by atoms with Gasteiger partial charge in [-0.3, -0.25) is 4.79 Å². The number of carboxylic acid groups (broad SMARTS) is 1. The van der Waals surface area contributed by atoms with Crippen LogP contribution < -0.4 is 16.4 Å². The van der Waals surface area contributed by atoms with Gasteiger partial charge in [-0.25, -0.2) is 14.0 Å². The molecule has 110 valence electrons. The molecule has 0 saturated heterocycles. The van der Waals surface area contributed by atoms with Crippen molar-refractivity contribution >= 4 is 23.6 Å². The summed E-state index contributed by atoms with van der Waals surface area (Å²) in [4.78, 5) is 33.0. The summed E-state index contributed by atoms with van der Waals surface area (Å²) in [6.45, 7) is 0. The van der Waals surface area contributed by atoms with E-state index in [1.165, 1.54) is 6.07 Å². The maximum atomic E-state index is 13.5. The topological polar surface area (TPSA) is 145 Å². The van der Waals surface area contributed by atoms with Crippen molar-refractivity contribution in [3.05, 3.63) is 29.6 Å². The first-order chi connectivity index (χ1) is 9.83. The van der Waals surface area contributed by atoms with Crippen LogP contribution in [0.3, 0.4) is 0 Å². The van der Waals surface area contributed by atoms with E-state index in [9.17, 15) is 18.8 Å². The van der Waals surface area contributed by atoms with Crippen LogP contribution in [0.2, 0.25) is 0 Å². The molecule has 5 N–H and O–H groups in total. The Bertz CT molecular complexity index is 626. The van der Waals surface area contributed by atoms with Gasteiger partial charge in [0.1, 0.15) is 11.9 Å². The summed E-state index contributed by atoms with van der Waals surface area (Å²) in [5, 5.41) is 21.4. The minimum Gasteiger partial charge on any atom is -0.480 e. The second-order valence-electron chi connectivity index (χ2n) is 3.97. The average molecular weight is 294 g/mol. The molecule has 1 atom stereocenters. The molecule has 3 amide bonds. The first-order valence-electron chi connectivity index (χ1n) is 5.61. The number of carbonyl (C=O) groups is 3. The molecule has 0 bridgehead atoms. The molecule has 0 aliphatic heterocycles. The molecule has 0 heterocycles. The van der Waals surface area contributed by atoms with Crippen molar-refractivity contribution in [3.8, 4) is 6.07 Å².